The largest absolute Gasteiger partial charge is 0.508 e. The van der Waals surface area contributed by atoms with Crippen molar-refractivity contribution in [2.45, 2.75) is 0 Å². The van der Waals surface area contributed by atoms with E-state index in [0.717, 1.165) is 50.4 Å². The standard InChI is InChI=1S/C23H15FN6O/c24-15-4-12(5-16(31)7-15)17-2-1-3-20-18(17)8-21(28-20)22-19-6-13(14-10-26-27-11-14)9-25-23(19)30-29-22/h1-11,28,31H,(H,26,27)(H,25,29,30). The second-order valence-electron chi connectivity index (χ2n) is 7.33. The lowest BCUT2D eigenvalue weighted by Crippen LogP contribution is -1.82. The van der Waals surface area contributed by atoms with E-state index < -0.39 is 5.82 Å². The van der Waals surface area contributed by atoms with E-state index >= 15 is 0 Å². The topological polar surface area (TPSA) is 106 Å². The van der Waals surface area contributed by atoms with Crippen LogP contribution in [-0.4, -0.2) is 35.5 Å². The first-order valence-corrected chi connectivity index (χ1v) is 9.61. The smallest absolute Gasteiger partial charge is 0.181 e. The lowest BCUT2D eigenvalue weighted by molar-refractivity contribution is 0.469. The highest BCUT2D eigenvalue weighted by molar-refractivity contribution is 6.01. The number of pyridine rings is 1. The fourth-order valence-corrected chi connectivity index (χ4v) is 3.94. The molecular weight excluding hydrogens is 395 g/mol. The molecule has 150 valence electrons. The van der Waals surface area contributed by atoms with Crippen LogP contribution in [0.3, 0.4) is 0 Å². The van der Waals surface area contributed by atoms with Gasteiger partial charge < -0.3 is 10.1 Å². The predicted octanol–water partition coefficient (Wildman–Crippen LogP) is 5.01. The molecule has 0 radical (unpaired) electrons. The number of benzene rings is 2. The summed E-state index contributed by atoms with van der Waals surface area (Å²) in [5, 5.41) is 25.8. The zero-order valence-corrected chi connectivity index (χ0v) is 16.0. The summed E-state index contributed by atoms with van der Waals surface area (Å²) in [6, 6.07) is 13.8. The third kappa shape index (κ3) is 2.84. The van der Waals surface area contributed by atoms with Crippen LogP contribution in [0, 0.1) is 5.82 Å². The Morgan fingerprint density at radius 2 is 1.84 bits per heavy atom. The lowest BCUT2D eigenvalue weighted by Gasteiger charge is -2.05. The number of nitrogens with one attached hydrogen (secondary N) is 3. The molecule has 6 rings (SSSR count). The number of halogens is 1. The summed E-state index contributed by atoms with van der Waals surface area (Å²) in [4.78, 5) is 7.86. The van der Waals surface area contributed by atoms with Gasteiger partial charge in [-0.2, -0.15) is 10.2 Å². The molecule has 7 nitrogen and oxygen atoms in total. The van der Waals surface area contributed by atoms with E-state index in [4.69, 9.17) is 0 Å². The minimum atomic E-state index is -0.486. The molecule has 0 spiro atoms. The van der Waals surface area contributed by atoms with Crippen molar-refractivity contribution in [2.75, 3.05) is 0 Å². The second kappa shape index (κ2) is 6.53. The van der Waals surface area contributed by atoms with E-state index in [1.807, 2.05) is 36.5 Å². The van der Waals surface area contributed by atoms with E-state index in [-0.39, 0.29) is 5.75 Å². The van der Waals surface area contributed by atoms with Crippen molar-refractivity contribution in [1.29, 1.82) is 0 Å². The van der Waals surface area contributed by atoms with Crippen molar-refractivity contribution in [3.63, 3.8) is 0 Å². The molecule has 4 heterocycles. The van der Waals surface area contributed by atoms with Gasteiger partial charge in [-0.3, -0.25) is 10.2 Å². The Kier molecular flexibility index (Phi) is 3.66. The molecule has 0 amide bonds. The van der Waals surface area contributed by atoms with Gasteiger partial charge in [-0.1, -0.05) is 12.1 Å². The molecule has 0 bridgehead atoms. The van der Waals surface area contributed by atoms with Gasteiger partial charge in [0.25, 0.3) is 0 Å². The second-order valence-corrected chi connectivity index (χ2v) is 7.33. The van der Waals surface area contributed by atoms with Gasteiger partial charge in [0, 0.05) is 45.9 Å². The molecule has 0 saturated carbocycles. The number of nitrogens with zero attached hydrogens (tertiary/aromatic N) is 3. The maximum atomic E-state index is 13.9. The summed E-state index contributed by atoms with van der Waals surface area (Å²) < 4.78 is 13.9. The molecule has 8 heteroatoms. The number of aromatic hydroxyl groups is 1. The summed E-state index contributed by atoms with van der Waals surface area (Å²) in [7, 11) is 0. The van der Waals surface area contributed by atoms with E-state index in [1.54, 1.807) is 18.5 Å². The summed E-state index contributed by atoms with van der Waals surface area (Å²) in [5.74, 6) is -0.597. The van der Waals surface area contributed by atoms with Crippen LogP contribution in [0.25, 0.3) is 55.6 Å². The van der Waals surface area contributed by atoms with E-state index in [0.29, 0.717) is 11.2 Å². The molecular formula is C23H15FN6O. The maximum absolute atomic E-state index is 13.9. The average Bonchev–Trinajstić information content (AvgIpc) is 3.50. The zero-order valence-electron chi connectivity index (χ0n) is 16.0. The molecule has 0 aliphatic rings. The SMILES string of the molecule is Oc1cc(F)cc(-c2cccc3[nH]c(-c4[nH]nc5ncc(-c6cn[nH]c6)cc45)cc23)c1. The minimum Gasteiger partial charge on any atom is -0.508 e. The number of rotatable bonds is 3. The molecule has 2 aromatic carbocycles. The van der Waals surface area contributed by atoms with Crippen LogP contribution in [0.1, 0.15) is 0 Å². The van der Waals surface area contributed by atoms with Gasteiger partial charge in [0.05, 0.1) is 17.6 Å². The molecule has 0 aliphatic carbocycles. The fourth-order valence-electron chi connectivity index (χ4n) is 3.94. The Morgan fingerprint density at radius 1 is 0.903 bits per heavy atom. The van der Waals surface area contributed by atoms with Crippen LogP contribution in [0.4, 0.5) is 4.39 Å². The molecule has 0 unspecified atom stereocenters. The molecule has 31 heavy (non-hydrogen) atoms. The monoisotopic (exact) mass is 410 g/mol. The number of fused-ring (bicyclic) bond motifs is 2. The van der Waals surface area contributed by atoms with Gasteiger partial charge in [-0.25, -0.2) is 9.37 Å². The quantitative estimate of drug-likeness (QED) is 0.329. The Morgan fingerprint density at radius 3 is 2.68 bits per heavy atom. The van der Waals surface area contributed by atoms with Crippen molar-refractivity contribution >= 4 is 21.9 Å². The molecule has 0 atom stereocenters. The highest BCUT2D eigenvalue weighted by Crippen LogP contribution is 2.35. The number of hydrogen-bond donors (Lipinski definition) is 4. The highest BCUT2D eigenvalue weighted by atomic mass is 19.1. The maximum Gasteiger partial charge on any atom is 0.181 e. The fraction of sp³-hybridized carbons (Fsp3) is 0. The third-order valence-corrected chi connectivity index (χ3v) is 5.37. The van der Waals surface area contributed by atoms with Crippen molar-refractivity contribution in [3.8, 4) is 39.4 Å². The summed E-state index contributed by atoms with van der Waals surface area (Å²) in [5.41, 5.74) is 6.41. The first kappa shape index (κ1) is 17.4. The molecule has 0 fully saturated rings. The normalized spacial score (nSPS) is 11.5. The molecule has 4 aromatic heterocycles. The summed E-state index contributed by atoms with van der Waals surface area (Å²) in [6.45, 7) is 0. The van der Waals surface area contributed by atoms with Gasteiger partial charge in [0.2, 0.25) is 0 Å². The number of aromatic nitrogens is 6. The Bertz CT molecular complexity index is 1540. The third-order valence-electron chi connectivity index (χ3n) is 5.37. The number of H-pyrrole nitrogens is 3. The molecule has 6 aromatic rings. The summed E-state index contributed by atoms with van der Waals surface area (Å²) >= 11 is 0. The van der Waals surface area contributed by atoms with Crippen molar-refractivity contribution in [2.24, 2.45) is 0 Å². The van der Waals surface area contributed by atoms with Crippen LogP contribution in [0.2, 0.25) is 0 Å². The Hall–Kier alpha value is -4.46. The molecule has 0 aliphatic heterocycles. The first-order chi connectivity index (χ1) is 15.2. The Labute approximate surface area is 174 Å². The van der Waals surface area contributed by atoms with Gasteiger partial charge in [-0.15, -0.1) is 0 Å². The number of aromatic amines is 3. The van der Waals surface area contributed by atoms with Crippen molar-refractivity contribution in [3.05, 3.63) is 72.9 Å². The van der Waals surface area contributed by atoms with Gasteiger partial charge in [0.1, 0.15) is 11.6 Å². The van der Waals surface area contributed by atoms with Gasteiger partial charge >= 0.3 is 0 Å². The van der Waals surface area contributed by atoms with E-state index in [9.17, 15) is 9.50 Å². The van der Waals surface area contributed by atoms with Gasteiger partial charge in [0.15, 0.2) is 5.65 Å². The lowest BCUT2D eigenvalue weighted by atomic mass is 10.0. The first-order valence-electron chi connectivity index (χ1n) is 9.61. The predicted molar refractivity (Wildman–Crippen MR) is 116 cm³/mol. The van der Waals surface area contributed by atoms with Crippen molar-refractivity contribution in [1.82, 2.24) is 30.4 Å². The average molecular weight is 410 g/mol. The van der Waals surface area contributed by atoms with Crippen LogP contribution >= 0.6 is 0 Å². The van der Waals surface area contributed by atoms with Crippen LogP contribution < -0.4 is 0 Å². The number of phenolic OH excluding ortho intramolecular Hbond substituents is 1. The van der Waals surface area contributed by atoms with E-state index in [2.05, 4.69) is 30.4 Å². The highest BCUT2D eigenvalue weighted by Gasteiger charge is 2.15. The summed E-state index contributed by atoms with van der Waals surface area (Å²) in [6.07, 6.45) is 5.32. The number of hydrogen-bond acceptors (Lipinski definition) is 4. The minimum absolute atomic E-state index is 0.111. The Balaban J connectivity index is 1.53. The van der Waals surface area contributed by atoms with Gasteiger partial charge in [-0.05, 0) is 41.5 Å². The van der Waals surface area contributed by atoms with Crippen LogP contribution in [0.15, 0.2) is 67.1 Å². The molecule has 0 saturated heterocycles. The van der Waals surface area contributed by atoms with Crippen LogP contribution in [-0.2, 0) is 0 Å². The zero-order chi connectivity index (χ0) is 20.9. The van der Waals surface area contributed by atoms with E-state index in [1.165, 1.54) is 6.07 Å². The van der Waals surface area contributed by atoms with Crippen molar-refractivity contribution < 1.29 is 9.50 Å². The van der Waals surface area contributed by atoms with Crippen LogP contribution in [0.5, 0.6) is 5.75 Å². The number of phenols is 1. The molecule has 4 N–H and O–H groups in total.